The highest BCUT2D eigenvalue weighted by molar-refractivity contribution is 5.97. The lowest BCUT2D eigenvalue weighted by atomic mass is 10.1. The standard InChI is InChI=1S/C12H15N3O3/c1-7-3-2-4-8(11(7)17)15-12(18)9-5-14-10(16)6-13-9/h2-4,9,13,17H,5-6H2,1H3,(H,14,16)(H,15,18). The van der Waals surface area contributed by atoms with Gasteiger partial charge in [-0.25, -0.2) is 0 Å². The molecule has 0 aromatic heterocycles. The lowest BCUT2D eigenvalue weighted by Gasteiger charge is -2.23. The minimum absolute atomic E-state index is 0.0608. The van der Waals surface area contributed by atoms with Gasteiger partial charge in [-0.2, -0.15) is 0 Å². The van der Waals surface area contributed by atoms with Crippen molar-refractivity contribution in [3.63, 3.8) is 0 Å². The SMILES string of the molecule is Cc1cccc(NC(=O)C2CNC(=O)CN2)c1O. The number of aromatic hydroxyl groups is 1. The summed E-state index contributed by atoms with van der Waals surface area (Å²) in [5, 5.41) is 17.8. The van der Waals surface area contributed by atoms with Gasteiger partial charge in [-0.15, -0.1) is 0 Å². The van der Waals surface area contributed by atoms with E-state index in [1.54, 1.807) is 25.1 Å². The van der Waals surface area contributed by atoms with E-state index in [9.17, 15) is 14.7 Å². The van der Waals surface area contributed by atoms with Crippen molar-refractivity contribution >= 4 is 17.5 Å². The number of phenolic OH excluding ortho intramolecular Hbond substituents is 1. The van der Waals surface area contributed by atoms with E-state index in [0.29, 0.717) is 11.3 Å². The number of nitrogens with one attached hydrogen (secondary N) is 3. The van der Waals surface area contributed by atoms with Crippen molar-refractivity contribution in [3.8, 4) is 5.75 Å². The van der Waals surface area contributed by atoms with Crippen LogP contribution in [0, 0.1) is 6.92 Å². The molecule has 4 N–H and O–H groups in total. The van der Waals surface area contributed by atoms with Crippen molar-refractivity contribution in [1.29, 1.82) is 0 Å². The molecule has 1 saturated heterocycles. The van der Waals surface area contributed by atoms with Gasteiger partial charge in [-0.3, -0.25) is 14.9 Å². The van der Waals surface area contributed by atoms with Crippen molar-refractivity contribution in [1.82, 2.24) is 10.6 Å². The van der Waals surface area contributed by atoms with Gasteiger partial charge in [0.05, 0.1) is 12.2 Å². The fourth-order valence-corrected chi connectivity index (χ4v) is 1.73. The summed E-state index contributed by atoms with van der Waals surface area (Å²) in [7, 11) is 0. The van der Waals surface area contributed by atoms with E-state index < -0.39 is 6.04 Å². The molecule has 1 fully saturated rings. The van der Waals surface area contributed by atoms with Crippen molar-refractivity contribution in [3.05, 3.63) is 23.8 Å². The van der Waals surface area contributed by atoms with Crippen molar-refractivity contribution in [2.75, 3.05) is 18.4 Å². The molecule has 2 rings (SSSR count). The maximum Gasteiger partial charge on any atom is 0.243 e. The van der Waals surface area contributed by atoms with Crippen LogP contribution in [0.1, 0.15) is 5.56 Å². The summed E-state index contributed by atoms with van der Waals surface area (Å²) in [4.78, 5) is 22.8. The summed E-state index contributed by atoms with van der Waals surface area (Å²) in [6, 6.07) is 4.65. The highest BCUT2D eigenvalue weighted by atomic mass is 16.3. The minimum atomic E-state index is -0.484. The van der Waals surface area contributed by atoms with Crippen molar-refractivity contribution < 1.29 is 14.7 Å². The van der Waals surface area contributed by atoms with Crippen LogP contribution in [0.3, 0.4) is 0 Å². The highest BCUT2D eigenvalue weighted by Crippen LogP contribution is 2.26. The van der Waals surface area contributed by atoms with Gasteiger partial charge in [-0.1, -0.05) is 12.1 Å². The molecule has 2 amide bonds. The molecule has 0 saturated carbocycles. The Balaban J connectivity index is 2.03. The van der Waals surface area contributed by atoms with Crippen LogP contribution < -0.4 is 16.0 Å². The zero-order valence-electron chi connectivity index (χ0n) is 9.99. The monoisotopic (exact) mass is 249 g/mol. The van der Waals surface area contributed by atoms with Crippen LogP contribution in [0.4, 0.5) is 5.69 Å². The fourth-order valence-electron chi connectivity index (χ4n) is 1.73. The molecule has 0 radical (unpaired) electrons. The molecule has 6 nitrogen and oxygen atoms in total. The molecule has 1 aliphatic heterocycles. The number of carbonyl (C=O) groups excluding carboxylic acids is 2. The first-order valence-corrected chi connectivity index (χ1v) is 5.67. The lowest BCUT2D eigenvalue weighted by Crippen LogP contribution is -2.56. The van der Waals surface area contributed by atoms with Crippen molar-refractivity contribution in [2.24, 2.45) is 0 Å². The zero-order valence-corrected chi connectivity index (χ0v) is 9.99. The van der Waals surface area contributed by atoms with Gasteiger partial charge in [0.1, 0.15) is 11.8 Å². The summed E-state index contributed by atoms with van der Waals surface area (Å²) in [5.74, 6) is -0.348. The summed E-state index contributed by atoms with van der Waals surface area (Å²) in [6.45, 7) is 2.12. The summed E-state index contributed by atoms with van der Waals surface area (Å²) in [6.07, 6.45) is 0. The maximum absolute atomic E-state index is 11.9. The first-order valence-electron chi connectivity index (χ1n) is 5.67. The number of hydrogen-bond donors (Lipinski definition) is 4. The van der Waals surface area contributed by atoms with Crippen LogP contribution in [0.2, 0.25) is 0 Å². The Bertz CT molecular complexity index is 477. The van der Waals surface area contributed by atoms with E-state index in [0.717, 1.165) is 0 Å². The third-order valence-electron chi connectivity index (χ3n) is 2.82. The molecule has 0 spiro atoms. The Morgan fingerprint density at radius 3 is 2.94 bits per heavy atom. The molecule has 1 unspecified atom stereocenters. The van der Waals surface area contributed by atoms with Gasteiger partial charge in [0.15, 0.2) is 0 Å². The number of rotatable bonds is 2. The number of amides is 2. The smallest absolute Gasteiger partial charge is 0.243 e. The number of carbonyl (C=O) groups is 2. The highest BCUT2D eigenvalue weighted by Gasteiger charge is 2.24. The molecule has 1 aliphatic rings. The van der Waals surface area contributed by atoms with Crippen molar-refractivity contribution in [2.45, 2.75) is 13.0 Å². The van der Waals surface area contributed by atoms with Gasteiger partial charge in [0.2, 0.25) is 11.8 Å². The average Bonchev–Trinajstić information content (AvgIpc) is 2.36. The second kappa shape index (κ2) is 5.05. The number of benzene rings is 1. The molecule has 96 valence electrons. The quantitative estimate of drug-likeness (QED) is 0.543. The first kappa shape index (κ1) is 12.4. The number of phenols is 1. The Morgan fingerprint density at radius 1 is 1.50 bits per heavy atom. The van der Waals surface area contributed by atoms with E-state index in [4.69, 9.17) is 0 Å². The molecule has 1 heterocycles. The van der Waals surface area contributed by atoms with Gasteiger partial charge in [0, 0.05) is 6.54 Å². The first-order chi connectivity index (χ1) is 8.58. The number of para-hydroxylation sites is 1. The van der Waals surface area contributed by atoms with Crippen LogP contribution in [0.25, 0.3) is 0 Å². The van der Waals surface area contributed by atoms with E-state index >= 15 is 0 Å². The van der Waals surface area contributed by atoms with Crippen LogP contribution in [-0.2, 0) is 9.59 Å². The van der Waals surface area contributed by atoms with E-state index in [-0.39, 0.29) is 30.7 Å². The molecule has 18 heavy (non-hydrogen) atoms. The van der Waals surface area contributed by atoms with Gasteiger partial charge < -0.3 is 15.7 Å². The fraction of sp³-hybridized carbons (Fsp3) is 0.333. The third-order valence-corrected chi connectivity index (χ3v) is 2.82. The zero-order chi connectivity index (χ0) is 13.1. The van der Waals surface area contributed by atoms with Gasteiger partial charge in [0.25, 0.3) is 0 Å². The number of aryl methyl sites for hydroxylation is 1. The largest absolute Gasteiger partial charge is 0.505 e. The Labute approximate surface area is 104 Å². The molecular weight excluding hydrogens is 234 g/mol. The number of piperazine rings is 1. The second-order valence-corrected chi connectivity index (χ2v) is 4.20. The van der Waals surface area contributed by atoms with Crippen LogP contribution in [0.5, 0.6) is 5.75 Å². The van der Waals surface area contributed by atoms with Crippen LogP contribution in [0.15, 0.2) is 18.2 Å². The molecule has 6 heteroatoms. The molecule has 1 aromatic rings. The topological polar surface area (TPSA) is 90.5 Å². The van der Waals surface area contributed by atoms with Crippen LogP contribution in [-0.4, -0.2) is 36.1 Å². The molecular formula is C12H15N3O3. The summed E-state index contributed by atoms with van der Waals surface area (Å²) < 4.78 is 0. The van der Waals surface area contributed by atoms with Crippen LogP contribution >= 0.6 is 0 Å². The Morgan fingerprint density at radius 2 is 2.28 bits per heavy atom. The van der Waals surface area contributed by atoms with Gasteiger partial charge in [-0.05, 0) is 18.6 Å². The normalized spacial score (nSPS) is 19.2. The predicted molar refractivity (Wildman–Crippen MR) is 66.3 cm³/mol. The molecule has 1 atom stereocenters. The number of hydrogen-bond acceptors (Lipinski definition) is 4. The minimum Gasteiger partial charge on any atom is -0.505 e. The maximum atomic E-state index is 11.9. The van der Waals surface area contributed by atoms with Gasteiger partial charge >= 0.3 is 0 Å². The summed E-state index contributed by atoms with van der Waals surface area (Å²) >= 11 is 0. The Hall–Kier alpha value is -2.08. The second-order valence-electron chi connectivity index (χ2n) is 4.20. The van der Waals surface area contributed by atoms with E-state index in [2.05, 4.69) is 16.0 Å². The molecule has 0 aliphatic carbocycles. The predicted octanol–water partition coefficient (Wildman–Crippen LogP) is -0.273. The lowest BCUT2D eigenvalue weighted by molar-refractivity contribution is -0.124. The average molecular weight is 249 g/mol. The van der Waals surface area contributed by atoms with E-state index in [1.165, 1.54) is 0 Å². The Kier molecular flexibility index (Phi) is 3.47. The summed E-state index contributed by atoms with van der Waals surface area (Å²) in [5.41, 5.74) is 1.07. The molecule has 0 bridgehead atoms. The van der Waals surface area contributed by atoms with E-state index in [1.807, 2.05) is 0 Å². The number of anilines is 1. The third kappa shape index (κ3) is 2.60. The molecule has 1 aromatic carbocycles.